The Hall–Kier alpha value is -1.68. The van der Waals surface area contributed by atoms with E-state index in [2.05, 4.69) is 4.98 Å². The number of rotatable bonds is 5. The van der Waals surface area contributed by atoms with Gasteiger partial charge in [0.25, 0.3) is 5.56 Å². The van der Waals surface area contributed by atoms with E-state index in [0.29, 0.717) is 11.9 Å². The van der Waals surface area contributed by atoms with Gasteiger partial charge in [0.15, 0.2) is 0 Å². The minimum Gasteiger partial charge on any atom is -0.328 e. The van der Waals surface area contributed by atoms with Gasteiger partial charge in [-0.3, -0.25) is 9.36 Å². The van der Waals surface area contributed by atoms with Crippen molar-refractivity contribution in [2.45, 2.75) is 38.8 Å². The molecule has 0 saturated carbocycles. The number of fused-ring (bicyclic) bond motifs is 1. The first kappa shape index (κ1) is 12.8. The van der Waals surface area contributed by atoms with Gasteiger partial charge in [-0.2, -0.15) is 0 Å². The van der Waals surface area contributed by atoms with Gasteiger partial charge in [-0.1, -0.05) is 18.6 Å². The number of aromatic nitrogens is 2. The van der Waals surface area contributed by atoms with Gasteiger partial charge in [0, 0.05) is 12.6 Å². The number of hydrogen-bond donors (Lipinski definition) is 1. The second-order valence-electron chi connectivity index (χ2n) is 4.73. The first-order chi connectivity index (χ1) is 8.68. The highest BCUT2D eigenvalue weighted by atomic mass is 16.1. The van der Waals surface area contributed by atoms with Crippen molar-refractivity contribution in [2.75, 3.05) is 0 Å². The standard InChI is InChI=1S/C14H19N3O/c1-11(15)6-4-5-9-17-10-16-13-8-3-2-7-12(13)14(17)18/h2-3,7-8,10-11H,4-6,9,15H2,1H3. The number of nitrogens with two attached hydrogens (primary N) is 1. The van der Waals surface area contributed by atoms with E-state index in [1.807, 2.05) is 31.2 Å². The maximum Gasteiger partial charge on any atom is 0.261 e. The van der Waals surface area contributed by atoms with Crippen LogP contribution in [0.3, 0.4) is 0 Å². The Bertz CT molecular complexity index is 575. The lowest BCUT2D eigenvalue weighted by molar-refractivity contribution is 0.539. The maximum atomic E-state index is 12.2. The zero-order valence-electron chi connectivity index (χ0n) is 10.7. The van der Waals surface area contributed by atoms with Crippen LogP contribution in [-0.4, -0.2) is 15.6 Å². The van der Waals surface area contributed by atoms with Crippen molar-refractivity contribution >= 4 is 10.9 Å². The SMILES string of the molecule is CC(N)CCCCn1cnc2ccccc2c1=O. The smallest absolute Gasteiger partial charge is 0.261 e. The van der Waals surface area contributed by atoms with E-state index in [9.17, 15) is 4.79 Å². The van der Waals surface area contributed by atoms with Crippen molar-refractivity contribution in [2.24, 2.45) is 5.73 Å². The third-order valence-corrected chi connectivity index (χ3v) is 3.04. The van der Waals surface area contributed by atoms with Crippen LogP contribution in [-0.2, 0) is 6.54 Å². The molecule has 1 atom stereocenters. The molecule has 0 bridgehead atoms. The topological polar surface area (TPSA) is 60.9 Å². The fraction of sp³-hybridized carbons (Fsp3) is 0.429. The van der Waals surface area contributed by atoms with E-state index in [0.717, 1.165) is 24.8 Å². The molecule has 0 radical (unpaired) electrons. The summed E-state index contributed by atoms with van der Waals surface area (Å²) in [5, 5.41) is 0.687. The molecular weight excluding hydrogens is 226 g/mol. The summed E-state index contributed by atoms with van der Waals surface area (Å²) in [4.78, 5) is 16.4. The summed E-state index contributed by atoms with van der Waals surface area (Å²) in [5.41, 5.74) is 6.50. The Morgan fingerprint density at radius 2 is 2.11 bits per heavy atom. The molecule has 1 unspecified atom stereocenters. The Morgan fingerprint density at radius 1 is 1.33 bits per heavy atom. The highest BCUT2D eigenvalue weighted by Gasteiger charge is 2.03. The normalized spacial score (nSPS) is 12.8. The summed E-state index contributed by atoms with van der Waals surface area (Å²) in [7, 11) is 0. The zero-order valence-corrected chi connectivity index (χ0v) is 10.7. The predicted molar refractivity (Wildman–Crippen MR) is 73.5 cm³/mol. The largest absolute Gasteiger partial charge is 0.328 e. The molecule has 0 saturated heterocycles. The van der Waals surface area contributed by atoms with Gasteiger partial charge in [0.05, 0.1) is 17.2 Å². The predicted octanol–water partition coefficient (Wildman–Crippen LogP) is 1.91. The van der Waals surface area contributed by atoms with E-state index in [4.69, 9.17) is 5.73 Å². The molecule has 96 valence electrons. The van der Waals surface area contributed by atoms with E-state index in [-0.39, 0.29) is 11.6 Å². The summed E-state index contributed by atoms with van der Waals surface area (Å²) >= 11 is 0. The quantitative estimate of drug-likeness (QED) is 0.819. The second-order valence-corrected chi connectivity index (χ2v) is 4.73. The second kappa shape index (κ2) is 5.78. The van der Waals surface area contributed by atoms with Crippen LogP contribution in [0.1, 0.15) is 26.2 Å². The van der Waals surface area contributed by atoms with E-state index >= 15 is 0 Å². The molecule has 4 nitrogen and oxygen atoms in total. The number of benzene rings is 1. The highest BCUT2D eigenvalue weighted by Crippen LogP contribution is 2.06. The molecule has 2 aromatic rings. The van der Waals surface area contributed by atoms with Crippen LogP contribution < -0.4 is 11.3 Å². The molecule has 0 amide bonds. The van der Waals surface area contributed by atoms with Crippen molar-refractivity contribution in [1.29, 1.82) is 0 Å². The zero-order chi connectivity index (χ0) is 13.0. The lowest BCUT2D eigenvalue weighted by Gasteiger charge is -2.07. The van der Waals surface area contributed by atoms with Gasteiger partial charge in [0.1, 0.15) is 0 Å². The highest BCUT2D eigenvalue weighted by molar-refractivity contribution is 5.76. The van der Waals surface area contributed by atoms with Crippen LogP contribution in [0.25, 0.3) is 10.9 Å². The molecule has 4 heteroatoms. The molecule has 0 fully saturated rings. The van der Waals surface area contributed by atoms with Crippen LogP contribution in [0.2, 0.25) is 0 Å². The first-order valence-electron chi connectivity index (χ1n) is 6.38. The van der Waals surface area contributed by atoms with Gasteiger partial charge in [-0.15, -0.1) is 0 Å². The van der Waals surface area contributed by atoms with Crippen LogP contribution in [0, 0.1) is 0 Å². The number of unbranched alkanes of at least 4 members (excludes halogenated alkanes) is 1. The molecule has 0 aliphatic carbocycles. The fourth-order valence-electron chi connectivity index (χ4n) is 2.01. The number of para-hydroxylation sites is 1. The lowest BCUT2D eigenvalue weighted by Crippen LogP contribution is -2.21. The molecule has 1 aromatic heterocycles. The number of nitrogens with zero attached hydrogens (tertiary/aromatic N) is 2. The molecule has 0 aliphatic heterocycles. The average molecular weight is 245 g/mol. The number of aryl methyl sites for hydroxylation is 1. The van der Waals surface area contributed by atoms with Gasteiger partial charge in [0.2, 0.25) is 0 Å². The van der Waals surface area contributed by atoms with Crippen LogP contribution in [0.15, 0.2) is 35.4 Å². The maximum absolute atomic E-state index is 12.2. The van der Waals surface area contributed by atoms with Crippen LogP contribution >= 0.6 is 0 Å². The first-order valence-corrected chi connectivity index (χ1v) is 6.38. The van der Waals surface area contributed by atoms with Gasteiger partial charge in [-0.05, 0) is 31.9 Å². The average Bonchev–Trinajstić information content (AvgIpc) is 2.37. The van der Waals surface area contributed by atoms with Crippen molar-refractivity contribution in [1.82, 2.24) is 9.55 Å². The lowest BCUT2D eigenvalue weighted by atomic mass is 10.1. The van der Waals surface area contributed by atoms with Crippen molar-refractivity contribution in [3.63, 3.8) is 0 Å². The molecule has 1 heterocycles. The van der Waals surface area contributed by atoms with E-state index < -0.39 is 0 Å². The van der Waals surface area contributed by atoms with E-state index in [1.54, 1.807) is 10.9 Å². The summed E-state index contributed by atoms with van der Waals surface area (Å²) in [6.07, 6.45) is 4.63. The molecular formula is C14H19N3O. The van der Waals surface area contributed by atoms with Crippen LogP contribution in [0.4, 0.5) is 0 Å². The molecule has 2 rings (SSSR count). The summed E-state index contributed by atoms with van der Waals surface area (Å²) in [6, 6.07) is 7.67. The Labute approximate surface area is 106 Å². The molecule has 0 spiro atoms. The van der Waals surface area contributed by atoms with Gasteiger partial charge in [-0.25, -0.2) is 4.98 Å². The number of hydrogen-bond acceptors (Lipinski definition) is 3. The Morgan fingerprint density at radius 3 is 2.89 bits per heavy atom. The third kappa shape index (κ3) is 2.96. The van der Waals surface area contributed by atoms with Crippen molar-refractivity contribution in [3.8, 4) is 0 Å². The minimum absolute atomic E-state index is 0.0430. The van der Waals surface area contributed by atoms with Crippen molar-refractivity contribution in [3.05, 3.63) is 40.9 Å². The van der Waals surface area contributed by atoms with Crippen LogP contribution in [0.5, 0.6) is 0 Å². The fourth-order valence-corrected chi connectivity index (χ4v) is 2.01. The Kier molecular flexibility index (Phi) is 4.10. The van der Waals surface area contributed by atoms with Gasteiger partial charge < -0.3 is 5.73 Å². The summed E-state index contributed by atoms with van der Waals surface area (Å²) in [6.45, 7) is 2.72. The monoisotopic (exact) mass is 245 g/mol. The summed E-state index contributed by atoms with van der Waals surface area (Å²) in [5.74, 6) is 0. The molecule has 1 aromatic carbocycles. The van der Waals surface area contributed by atoms with Crippen molar-refractivity contribution < 1.29 is 0 Å². The molecule has 0 aliphatic rings. The van der Waals surface area contributed by atoms with Gasteiger partial charge >= 0.3 is 0 Å². The Balaban J connectivity index is 2.10. The molecule has 18 heavy (non-hydrogen) atoms. The van der Waals surface area contributed by atoms with E-state index in [1.165, 1.54) is 0 Å². The third-order valence-electron chi connectivity index (χ3n) is 3.04. The molecule has 2 N–H and O–H groups in total. The summed E-state index contributed by atoms with van der Waals surface area (Å²) < 4.78 is 1.68. The minimum atomic E-state index is 0.0430.